The highest BCUT2D eigenvalue weighted by atomic mass is 14.6. The third-order valence-corrected chi connectivity index (χ3v) is 2.93. The molecule has 0 aliphatic rings. The number of nitrogen functional groups attached to an aromatic ring is 2. The Kier molecular flexibility index (Phi) is 2.57. The average Bonchev–Trinajstić information content (AvgIpc) is 2.26. The van der Waals surface area contributed by atoms with Crippen LogP contribution in [0, 0.1) is 13.8 Å². The third kappa shape index (κ3) is 1.74. The van der Waals surface area contributed by atoms with Crippen LogP contribution in [0.15, 0.2) is 36.4 Å². The minimum absolute atomic E-state index is 0.780. The summed E-state index contributed by atoms with van der Waals surface area (Å²) in [6, 6.07) is 11.9. The van der Waals surface area contributed by atoms with Crippen molar-refractivity contribution in [2.45, 2.75) is 13.8 Å². The van der Waals surface area contributed by atoms with Gasteiger partial charge in [0, 0.05) is 11.4 Å². The van der Waals surface area contributed by atoms with Crippen LogP contribution in [0.3, 0.4) is 0 Å². The minimum Gasteiger partial charge on any atom is -0.399 e. The maximum atomic E-state index is 5.91. The first-order valence-corrected chi connectivity index (χ1v) is 5.31. The van der Waals surface area contributed by atoms with Crippen molar-refractivity contribution in [3.05, 3.63) is 47.5 Å². The zero-order chi connectivity index (χ0) is 11.7. The SMILES string of the molecule is Cc1ccc(N)cc1-c1cccc(N)c1C. The van der Waals surface area contributed by atoms with Gasteiger partial charge in [-0.2, -0.15) is 0 Å². The van der Waals surface area contributed by atoms with Gasteiger partial charge in [0.05, 0.1) is 0 Å². The van der Waals surface area contributed by atoms with E-state index in [2.05, 4.69) is 13.0 Å². The van der Waals surface area contributed by atoms with Crippen LogP contribution in [-0.4, -0.2) is 0 Å². The fraction of sp³-hybridized carbons (Fsp3) is 0.143. The Hall–Kier alpha value is -1.96. The topological polar surface area (TPSA) is 52.0 Å². The molecule has 0 unspecified atom stereocenters. The van der Waals surface area contributed by atoms with Crippen molar-refractivity contribution in [1.82, 2.24) is 0 Å². The number of rotatable bonds is 1. The van der Waals surface area contributed by atoms with E-state index in [0.717, 1.165) is 28.1 Å². The molecule has 0 bridgehead atoms. The second kappa shape index (κ2) is 3.89. The molecule has 2 nitrogen and oxygen atoms in total. The van der Waals surface area contributed by atoms with Gasteiger partial charge in [-0.25, -0.2) is 0 Å². The van der Waals surface area contributed by atoms with E-state index in [1.54, 1.807) is 0 Å². The van der Waals surface area contributed by atoms with Crippen LogP contribution in [0.2, 0.25) is 0 Å². The monoisotopic (exact) mass is 212 g/mol. The van der Waals surface area contributed by atoms with E-state index < -0.39 is 0 Å². The Balaban J connectivity index is 2.67. The minimum atomic E-state index is 0.780. The van der Waals surface area contributed by atoms with Gasteiger partial charge in [-0.1, -0.05) is 18.2 Å². The molecule has 0 saturated carbocycles. The molecule has 0 heterocycles. The summed E-state index contributed by atoms with van der Waals surface area (Å²) in [6.07, 6.45) is 0. The first-order valence-electron chi connectivity index (χ1n) is 5.31. The maximum absolute atomic E-state index is 5.91. The maximum Gasteiger partial charge on any atom is 0.0349 e. The van der Waals surface area contributed by atoms with Gasteiger partial charge in [0.2, 0.25) is 0 Å². The molecule has 0 fully saturated rings. The van der Waals surface area contributed by atoms with Gasteiger partial charge in [0.25, 0.3) is 0 Å². The lowest BCUT2D eigenvalue weighted by Crippen LogP contribution is -1.94. The predicted molar refractivity (Wildman–Crippen MR) is 70.2 cm³/mol. The molecule has 0 aliphatic heterocycles. The van der Waals surface area contributed by atoms with E-state index in [1.165, 1.54) is 5.56 Å². The lowest BCUT2D eigenvalue weighted by atomic mass is 9.95. The summed E-state index contributed by atoms with van der Waals surface area (Å²) in [5, 5.41) is 0. The highest BCUT2D eigenvalue weighted by Gasteiger charge is 2.06. The Morgan fingerprint density at radius 3 is 2.38 bits per heavy atom. The van der Waals surface area contributed by atoms with Crippen molar-refractivity contribution in [3.63, 3.8) is 0 Å². The van der Waals surface area contributed by atoms with Gasteiger partial charge in [-0.3, -0.25) is 0 Å². The highest BCUT2D eigenvalue weighted by Crippen LogP contribution is 2.30. The van der Waals surface area contributed by atoms with E-state index in [0.29, 0.717) is 0 Å². The van der Waals surface area contributed by atoms with Crippen molar-refractivity contribution in [2.24, 2.45) is 0 Å². The van der Waals surface area contributed by atoms with Crippen LogP contribution < -0.4 is 11.5 Å². The lowest BCUT2D eigenvalue weighted by molar-refractivity contribution is 1.41. The molecule has 0 saturated heterocycles. The van der Waals surface area contributed by atoms with Crippen molar-refractivity contribution in [3.8, 4) is 11.1 Å². The number of anilines is 2. The van der Waals surface area contributed by atoms with E-state index in [-0.39, 0.29) is 0 Å². The van der Waals surface area contributed by atoms with Crippen LogP contribution in [-0.2, 0) is 0 Å². The summed E-state index contributed by atoms with van der Waals surface area (Å²) in [7, 11) is 0. The summed E-state index contributed by atoms with van der Waals surface area (Å²) in [6.45, 7) is 4.12. The molecule has 2 heteroatoms. The van der Waals surface area contributed by atoms with E-state index in [9.17, 15) is 0 Å². The first kappa shape index (κ1) is 10.6. The molecule has 2 aromatic carbocycles. The number of hydrogen-bond donors (Lipinski definition) is 2. The van der Waals surface area contributed by atoms with Gasteiger partial charge < -0.3 is 11.5 Å². The molecule has 82 valence electrons. The number of aryl methyl sites for hydroxylation is 1. The van der Waals surface area contributed by atoms with Gasteiger partial charge >= 0.3 is 0 Å². The molecular formula is C14H16N2. The van der Waals surface area contributed by atoms with Crippen molar-refractivity contribution in [2.75, 3.05) is 11.5 Å². The van der Waals surface area contributed by atoms with E-state index in [1.807, 2.05) is 37.3 Å². The molecule has 0 aromatic heterocycles. The summed E-state index contributed by atoms with van der Waals surface area (Å²) in [5.74, 6) is 0. The molecule has 0 amide bonds. The normalized spacial score (nSPS) is 10.4. The Morgan fingerprint density at radius 1 is 0.875 bits per heavy atom. The van der Waals surface area contributed by atoms with Crippen LogP contribution in [0.5, 0.6) is 0 Å². The van der Waals surface area contributed by atoms with Crippen molar-refractivity contribution >= 4 is 11.4 Å². The molecule has 0 radical (unpaired) electrons. The Bertz CT molecular complexity index is 530. The summed E-state index contributed by atoms with van der Waals surface area (Å²) >= 11 is 0. The fourth-order valence-electron chi connectivity index (χ4n) is 1.88. The van der Waals surface area contributed by atoms with E-state index in [4.69, 9.17) is 11.5 Å². The number of hydrogen-bond acceptors (Lipinski definition) is 2. The zero-order valence-corrected chi connectivity index (χ0v) is 9.62. The third-order valence-electron chi connectivity index (χ3n) is 2.93. The molecule has 2 rings (SSSR count). The van der Waals surface area contributed by atoms with Crippen LogP contribution >= 0.6 is 0 Å². The smallest absolute Gasteiger partial charge is 0.0349 e. The average molecular weight is 212 g/mol. The highest BCUT2D eigenvalue weighted by molar-refractivity contribution is 5.77. The standard InChI is InChI=1S/C14H16N2/c1-9-6-7-11(15)8-13(9)12-4-3-5-14(16)10(12)2/h3-8H,15-16H2,1-2H3. The molecule has 16 heavy (non-hydrogen) atoms. The van der Waals surface area contributed by atoms with Crippen molar-refractivity contribution in [1.29, 1.82) is 0 Å². The Morgan fingerprint density at radius 2 is 1.62 bits per heavy atom. The Labute approximate surface area is 95.9 Å². The first-order chi connectivity index (χ1) is 7.59. The summed E-state index contributed by atoms with van der Waals surface area (Å²) < 4.78 is 0. The number of nitrogens with two attached hydrogens (primary N) is 2. The zero-order valence-electron chi connectivity index (χ0n) is 9.62. The second-order valence-corrected chi connectivity index (χ2v) is 4.09. The quantitative estimate of drug-likeness (QED) is 0.713. The van der Waals surface area contributed by atoms with Crippen LogP contribution in [0.1, 0.15) is 11.1 Å². The summed E-state index contributed by atoms with van der Waals surface area (Å²) in [4.78, 5) is 0. The summed E-state index contributed by atoms with van der Waals surface area (Å²) in [5.41, 5.74) is 18.0. The lowest BCUT2D eigenvalue weighted by Gasteiger charge is -2.11. The van der Waals surface area contributed by atoms with Crippen LogP contribution in [0.4, 0.5) is 11.4 Å². The predicted octanol–water partition coefficient (Wildman–Crippen LogP) is 3.13. The van der Waals surface area contributed by atoms with E-state index >= 15 is 0 Å². The molecule has 2 aromatic rings. The largest absolute Gasteiger partial charge is 0.399 e. The van der Waals surface area contributed by atoms with Gasteiger partial charge in [0.15, 0.2) is 0 Å². The van der Waals surface area contributed by atoms with Crippen molar-refractivity contribution < 1.29 is 0 Å². The molecule has 0 aliphatic carbocycles. The second-order valence-electron chi connectivity index (χ2n) is 4.09. The number of benzene rings is 2. The molecule has 0 atom stereocenters. The molecular weight excluding hydrogens is 196 g/mol. The van der Waals surface area contributed by atoms with Crippen LogP contribution in [0.25, 0.3) is 11.1 Å². The van der Waals surface area contributed by atoms with Gasteiger partial charge in [-0.15, -0.1) is 0 Å². The molecule has 4 N–H and O–H groups in total. The van der Waals surface area contributed by atoms with Gasteiger partial charge in [0.1, 0.15) is 0 Å². The molecule has 0 spiro atoms. The van der Waals surface area contributed by atoms with Gasteiger partial charge in [-0.05, 0) is 54.3 Å². The fourth-order valence-corrected chi connectivity index (χ4v) is 1.88.